The van der Waals surface area contributed by atoms with Crippen LogP contribution < -0.4 is 21.7 Å². The lowest BCUT2D eigenvalue weighted by Gasteiger charge is -2.34. The van der Waals surface area contributed by atoms with Gasteiger partial charge in [0.2, 0.25) is 41.4 Å². The second-order valence-electron chi connectivity index (χ2n) is 16.0. The molecule has 0 bridgehead atoms. The first kappa shape index (κ1) is 50.1. The zero-order valence-electron chi connectivity index (χ0n) is 36.2. The summed E-state index contributed by atoms with van der Waals surface area (Å²) in [6.45, 7) is 10.5. The standard InChI is InChI=1S/C42H67N7O10/c1-10-26(5)35(46-37(53)30(19-20-33(43)50)48(8)40(56)29(22-25(3)4)45-39(55)36(52)27(6)11-2)38(54)44-24-34(51)47(7)32(23-28-16-13-12-14-17-28)41(57)49-21-15-18-31(49)42(58)59-9/h12-14,16-17,25-27,29-32,35-36,52H,10-11,15,18-24H2,1-9H3,(H2,43,50)(H,44,54)(H,45,55)(H,46,53)/t26?,27-,29-,30-,31?,32+,35-,36-/m1/s1. The molecule has 17 heteroatoms. The zero-order chi connectivity index (χ0) is 44.6. The van der Waals surface area contributed by atoms with Crippen LogP contribution in [0, 0.1) is 17.8 Å². The fraction of sp³-hybridized carbons (Fsp3) is 0.667. The van der Waals surface area contributed by atoms with E-state index in [2.05, 4.69) is 16.0 Å². The Morgan fingerprint density at radius 3 is 2.07 bits per heavy atom. The molecule has 0 aliphatic carbocycles. The van der Waals surface area contributed by atoms with E-state index in [1.165, 1.54) is 31.0 Å². The largest absolute Gasteiger partial charge is 0.467 e. The van der Waals surface area contributed by atoms with Crippen molar-refractivity contribution in [1.29, 1.82) is 0 Å². The molecule has 1 heterocycles. The molecule has 1 aliphatic rings. The van der Waals surface area contributed by atoms with Crippen LogP contribution in [-0.4, -0.2) is 138 Å². The van der Waals surface area contributed by atoms with Gasteiger partial charge in [0, 0.05) is 33.5 Å². The molecule has 1 aromatic rings. The molecule has 2 unspecified atom stereocenters. The number of nitrogens with zero attached hydrogens (tertiary/aromatic N) is 3. The van der Waals surface area contributed by atoms with Gasteiger partial charge in [-0.15, -0.1) is 0 Å². The summed E-state index contributed by atoms with van der Waals surface area (Å²) in [5.74, 6) is -6.03. The van der Waals surface area contributed by atoms with Gasteiger partial charge in [-0.1, -0.05) is 84.7 Å². The third-order valence-electron chi connectivity index (χ3n) is 11.2. The van der Waals surface area contributed by atoms with Gasteiger partial charge in [-0.05, 0) is 49.0 Å². The Bertz CT molecular complexity index is 1610. The Labute approximate surface area is 348 Å². The van der Waals surface area contributed by atoms with Crippen molar-refractivity contribution in [2.24, 2.45) is 23.5 Å². The number of esters is 1. The number of carbonyl (C=O) groups excluding carboxylic acids is 8. The summed E-state index contributed by atoms with van der Waals surface area (Å²) in [4.78, 5) is 111. The third-order valence-corrected chi connectivity index (χ3v) is 11.2. The number of carbonyl (C=O) groups is 8. The second kappa shape index (κ2) is 24.1. The summed E-state index contributed by atoms with van der Waals surface area (Å²) in [7, 11) is 4.06. The minimum absolute atomic E-state index is 0.0692. The molecule has 2 rings (SSSR count). The number of nitrogens with two attached hydrogens (primary N) is 1. The smallest absolute Gasteiger partial charge is 0.328 e. The number of ether oxygens (including phenoxy) is 1. The van der Waals surface area contributed by atoms with E-state index in [0.717, 1.165) is 10.5 Å². The highest BCUT2D eigenvalue weighted by atomic mass is 16.5. The van der Waals surface area contributed by atoms with Gasteiger partial charge in [0.15, 0.2) is 0 Å². The predicted molar refractivity (Wildman–Crippen MR) is 220 cm³/mol. The summed E-state index contributed by atoms with van der Waals surface area (Å²) in [5.41, 5.74) is 6.21. The van der Waals surface area contributed by atoms with Gasteiger partial charge >= 0.3 is 5.97 Å². The lowest BCUT2D eigenvalue weighted by atomic mass is 9.96. The van der Waals surface area contributed by atoms with E-state index in [-0.39, 0.29) is 37.5 Å². The molecular weight excluding hydrogens is 763 g/mol. The highest BCUT2D eigenvalue weighted by molar-refractivity contribution is 5.96. The van der Waals surface area contributed by atoms with Crippen molar-refractivity contribution < 1.29 is 48.2 Å². The molecule has 1 aromatic carbocycles. The van der Waals surface area contributed by atoms with Crippen molar-refractivity contribution in [3.05, 3.63) is 35.9 Å². The molecule has 0 spiro atoms. The molecule has 8 atom stereocenters. The van der Waals surface area contributed by atoms with Crippen LogP contribution in [0.25, 0.3) is 0 Å². The summed E-state index contributed by atoms with van der Waals surface area (Å²) in [6, 6.07) is 3.70. The number of hydrogen-bond donors (Lipinski definition) is 5. The number of methoxy groups -OCH3 is 1. The number of aliphatic hydroxyl groups is 1. The summed E-state index contributed by atoms with van der Waals surface area (Å²) >= 11 is 0. The first-order chi connectivity index (χ1) is 27.8. The second-order valence-corrected chi connectivity index (χ2v) is 16.0. The number of nitrogens with one attached hydrogen (secondary N) is 3. The Morgan fingerprint density at radius 2 is 1.51 bits per heavy atom. The lowest BCUT2D eigenvalue weighted by molar-refractivity contribution is -0.154. The predicted octanol–water partition coefficient (Wildman–Crippen LogP) is 0.898. The lowest BCUT2D eigenvalue weighted by Crippen LogP contribution is -2.59. The number of amides is 7. The first-order valence-electron chi connectivity index (χ1n) is 20.6. The molecule has 1 fully saturated rings. The maximum Gasteiger partial charge on any atom is 0.328 e. The molecule has 17 nitrogen and oxygen atoms in total. The van der Waals surface area contributed by atoms with Crippen LogP contribution >= 0.6 is 0 Å². The third kappa shape index (κ3) is 14.6. The van der Waals surface area contributed by atoms with Gasteiger partial charge in [-0.2, -0.15) is 0 Å². The summed E-state index contributed by atoms with van der Waals surface area (Å²) in [6.07, 6.45) is 0.479. The number of primary amides is 1. The van der Waals surface area contributed by atoms with Crippen molar-refractivity contribution in [2.45, 2.75) is 129 Å². The van der Waals surface area contributed by atoms with Crippen LogP contribution in [-0.2, 0) is 49.5 Å². The van der Waals surface area contributed by atoms with Crippen molar-refractivity contribution in [1.82, 2.24) is 30.7 Å². The first-order valence-corrected chi connectivity index (χ1v) is 20.6. The van der Waals surface area contributed by atoms with Gasteiger partial charge in [-0.25, -0.2) is 4.79 Å². The summed E-state index contributed by atoms with van der Waals surface area (Å²) in [5, 5.41) is 18.5. The Balaban J connectivity index is 2.32. The Kier molecular flexibility index (Phi) is 20.5. The maximum absolute atomic E-state index is 14.0. The van der Waals surface area contributed by atoms with Crippen LogP contribution in [0.3, 0.4) is 0 Å². The van der Waals surface area contributed by atoms with Crippen LogP contribution in [0.5, 0.6) is 0 Å². The minimum atomic E-state index is -1.36. The fourth-order valence-electron chi connectivity index (χ4n) is 6.96. The molecule has 0 radical (unpaired) electrons. The SMILES string of the molecule is CCC(C)[C@@H](NC(=O)[C@@H](CCC(N)=O)N(C)C(=O)[C@@H](CC(C)C)NC(=O)[C@H](O)[C@H](C)CC)C(=O)NCC(=O)N(C)[C@@H](Cc1ccccc1)C(=O)N1CCCC1C(=O)OC. The van der Waals surface area contributed by atoms with E-state index < -0.39 is 96.1 Å². The molecule has 6 N–H and O–H groups in total. The zero-order valence-corrected chi connectivity index (χ0v) is 36.2. The van der Waals surface area contributed by atoms with E-state index in [1.807, 2.05) is 58.0 Å². The topological polar surface area (TPSA) is 238 Å². The summed E-state index contributed by atoms with van der Waals surface area (Å²) < 4.78 is 4.93. The fourth-order valence-corrected chi connectivity index (χ4v) is 6.96. The number of likely N-dealkylation sites (N-methyl/N-ethyl adjacent to an activating group) is 2. The molecular formula is C42H67N7O10. The van der Waals surface area contributed by atoms with Crippen molar-refractivity contribution in [2.75, 3.05) is 34.3 Å². The van der Waals surface area contributed by atoms with Gasteiger partial charge in [0.25, 0.3) is 0 Å². The van der Waals surface area contributed by atoms with Crippen LogP contribution in [0.4, 0.5) is 0 Å². The van der Waals surface area contributed by atoms with Crippen LogP contribution in [0.1, 0.15) is 92.1 Å². The maximum atomic E-state index is 14.0. The Morgan fingerprint density at radius 1 is 0.881 bits per heavy atom. The van der Waals surface area contributed by atoms with Gasteiger partial charge in [0.1, 0.15) is 36.3 Å². The van der Waals surface area contributed by atoms with Crippen molar-refractivity contribution in [3.63, 3.8) is 0 Å². The molecule has 1 saturated heterocycles. The minimum Gasteiger partial charge on any atom is -0.467 e. The van der Waals surface area contributed by atoms with Gasteiger partial charge in [0.05, 0.1) is 13.7 Å². The van der Waals surface area contributed by atoms with Gasteiger partial charge < -0.3 is 46.2 Å². The molecule has 330 valence electrons. The van der Waals surface area contributed by atoms with E-state index in [0.29, 0.717) is 32.2 Å². The van der Waals surface area contributed by atoms with E-state index >= 15 is 0 Å². The number of likely N-dealkylation sites (tertiary alicyclic amines) is 1. The quantitative estimate of drug-likeness (QED) is 0.0978. The monoisotopic (exact) mass is 829 g/mol. The van der Waals surface area contributed by atoms with Crippen molar-refractivity contribution in [3.8, 4) is 0 Å². The molecule has 0 saturated carbocycles. The van der Waals surface area contributed by atoms with Crippen LogP contribution in [0.2, 0.25) is 0 Å². The van der Waals surface area contributed by atoms with E-state index in [4.69, 9.17) is 10.5 Å². The highest BCUT2D eigenvalue weighted by Gasteiger charge is 2.41. The Hall–Kier alpha value is -5.06. The number of aliphatic hydroxyl groups excluding tert-OH is 1. The van der Waals surface area contributed by atoms with Crippen molar-refractivity contribution >= 4 is 47.3 Å². The highest BCUT2D eigenvalue weighted by Crippen LogP contribution is 2.23. The van der Waals surface area contributed by atoms with E-state index in [9.17, 15) is 43.5 Å². The molecule has 7 amide bonds. The number of benzene rings is 1. The van der Waals surface area contributed by atoms with Gasteiger partial charge in [-0.3, -0.25) is 33.6 Å². The normalized spacial score (nSPS) is 17.3. The van der Waals surface area contributed by atoms with E-state index in [1.54, 1.807) is 13.8 Å². The molecule has 1 aliphatic heterocycles. The average Bonchev–Trinajstić information content (AvgIpc) is 3.71. The van der Waals surface area contributed by atoms with Crippen LogP contribution in [0.15, 0.2) is 30.3 Å². The average molecular weight is 830 g/mol. The molecule has 0 aromatic heterocycles. The molecule has 59 heavy (non-hydrogen) atoms. The number of hydrogen-bond acceptors (Lipinski definition) is 10. The number of rotatable bonds is 23.